The molecule has 5 rings (SSSR count). The van der Waals surface area contributed by atoms with E-state index in [1.165, 1.54) is 44.1 Å². The molecule has 2 aliphatic rings. The number of benzene rings is 2. The van der Waals surface area contributed by atoms with Crippen molar-refractivity contribution in [3.05, 3.63) is 71.9 Å². The highest BCUT2D eigenvalue weighted by Crippen LogP contribution is 2.29. The summed E-state index contributed by atoms with van der Waals surface area (Å²) in [5.74, 6) is 0.174. The lowest BCUT2D eigenvalue weighted by atomic mass is 10.0. The van der Waals surface area contributed by atoms with Crippen LogP contribution in [0, 0.1) is 0 Å². The molecule has 2 aromatic carbocycles. The van der Waals surface area contributed by atoms with Crippen molar-refractivity contribution in [1.82, 2.24) is 14.8 Å². The van der Waals surface area contributed by atoms with Gasteiger partial charge in [-0.3, -0.25) is 4.79 Å². The van der Waals surface area contributed by atoms with Gasteiger partial charge in [0.15, 0.2) is 11.6 Å². The molecule has 0 aliphatic carbocycles. The first-order chi connectivity index (χ1) is 18.7. The predicted molar refractivity (Wildman–Crippen MR) is 141 cm³/mol. The number of hydrogen-bond donors (Lipinski definition) is 1. The van der Waals surface area contributed by atoms with E-state index in [4.69, 9.17) is 10.5 Å². The third-order valence-electron chi connectivity index (χ3n) is 7.28. The molecule has 2 aliphatic heterocycles. The molecule has 1 amide bonds. The number of aromatic nitrogens is 1. The zero-order valence-electron chi connectivity index (χ0n) is 21.5. The minimum absolute atomic E-state index is 0.0215. The van der Waals surface area contributed by atoms with E-state index >= 15 is 0 Å². The molecule has 0 bridgehead atoms. The minimum atomic E-state index is -4.77. The fourth-order valence-corrected chi connectivity index (χ4v) is 5.25. The second kappa shape index (κ2) is 11.5. The second-order valence-corrected chi connectivity index (χ2v) is 9.94. The molecule has 7 nitrogen and oxygen atoms in total. The summed E-state index contributed by atoms with van der Waals surface area (Å²) in [7, 11) is 0. The largest absolute Gasteiger partial charge is 0.573 e. The zero-order valence-corrected chi connectivity index (χ0v) is 21.5. The molecule has 39 heavy (non-hydrogen) atoms. The Hall–Kier alpha value is -3.79. The van der Waals surface area contributed by atoms with Crippen LogP contribution in [0.5, 0.6) is 11.5 Å². The fourth-order valence-electron chi connectivity index (χ4n) is 5.25. The SMILES string of the molecule is Nc1ncc(-c2ccc(C(=O)N3CCC(N4CCCC4)CC3)cc2)cc1OCc1cccc(OC(F)(F)F)c1. The number of piperidine rings is 1. The lowest BCUT2D eigenvalue weighted by Crippen LogP contribution is -2.45. The summed E-state index contributed by atoms with van der Waals surface area (Å²) >= 11 is 0. The van der Waals surface area contributed by atoms with Crippen molar-refractivity contribution >= 4 is 11.7 Å². The quantitative estimate of drug-likeness (QED) is 0.426. The van der Waals surface area contributed by atoms with Crippen LogP contribution in [0.4, 0.5) is 19.0 Å². The van der Waals surface area contributed by atoms with Gasteiger partial charge in [0.25, 0.3) is 5.91 Å². The Morgan fingerprint density at radius 2 is 1.69 bits per heavy atom. The van der Waals surface area contributed by atoms with Gasteiger partial charge in [0.1, 0.15) is 12.4 Å². The summed E-state index contributed by atoms with van der Waals surface area (Å²) in [6, 6.07) is 15.2. The van der Waals surface area contributed by atoms with Crippen LogP contribution in [-0.4, -0.2) is 59.3 Å². The van der Waals surface area contributed by atoms with E-state index in [1.807, 2.05) is 29.2 Å². The van der Waals surface area contributed by atoms with Gasteiger partial charge < -0.3 is 25.0 Å². The van der Waals surface area contributed by atoms with Gasteiger partial charge in [-0.2, -0.15) is 0 Å². The molecule has 206 valence electrons. The van der Waals surface area contributed by atoms with Gasteiger partial charge in [0, 0.05) is 36.5 Å². The molecular weight excluding hydrogens is 509 g/mol. The van der Waals surface area contributed by atoms with Gasteiger partial charge in [-0.1, -0.05) is 24.3 Å². The molecule has 3 heterocycles. The Labute approximate surface area is 225 Å². The molecule has 0 saturated carbocycles. The number of anilines is 1. The maximum Gasteiger partial charge on any atom is 0.573 e. The van der Waals surface area contributed by atoms with Crippen molar-refractivity contribution in [2.24, 2.45) is 0 Å². The van der Waals surface area contributed by atoms with Crippen LogP contribution >= 0.6 is 0 Å². The van der Waals surface area contributed by atoms with Crippen molar-refractivity contribution in [1.29, 1.82) is 0 Å². The number of carbonyl (C=O) groups excluding carboxylic acids is 1. The van der Waals surface area contributed by atoms with E-state index in [9.17, 15) is 18.0 Å². The number of likely N-dealkylation sites (tertiary alicyclic amines) is 2. The molecule has 2 saturated heterocycles. The topological polar surface area (TPSA) is 80.9 Å². The van der Waals surface area contributed by atoms with E-state index < -0.39 is 6.36 Å². The minimum Gasteiger partial charge on any atom is -0.485 e. The third-order valence-corrected chi connectivity index (χ3v) is 7.28. The van der Waals surface area contributed by atoms with E-state index in [0.29, 0.717) is 22.9 Å². The molecule has 0 atom stereocenters. The zero-order chi connectivity index (χ0) is 27.4. The lowest BCUT2D eigenvalue weighted by molar-refractivity contribution is -0.274. The van der Waals surface area contributed by atoms with E-state index in [2.05, 4.69) is 14.6 Å². The number of ether oxygens (including phenoxy) is 2. The average Bonchev–Trinajstić information content (AvgIpc) is 3.47. The first-order valence-electron chi connectivity index (χ1n) is 13.1. The maximum atomic E-state index is 13.1. The number of nitrogens with zero attached hydrogens (tertiary/aromatic N) is 3. The van der Waals surface area contributed by atoms with Gasteiger partial charge in [-0.05, 0) is 80.2 Å². The van der Waals surface area contributed by atoms with E-state index in [1.54, 1.807) is 18.3 Å². The number of pyridine rings is 1. The predicted octanol–water partition coefficient (Wildman–Crippen LogP) is 5.51. The molecule has 2 fully saturated rings. The first-order valence-corrected chi connectivity index (χ1v) is 13.1. The number of rotatable bonds is 7. The van der Waals surface area contributed by atoms with Crippen molar-refractivity contribution in [3.63, 3.8) is 0 Å². The summed E-state index contributed by atoms with van der Waals surface area (Å²) in [4.78, 5) is 21.8. The van der Waals surface area contributed by atoms with E-state index in [-0.39, 0.29) is 24.1 Å². The van der Waals surface area contributed by atoms with Crippen LogP contribution < -0.4 is 15.2 Å². The molecule has 0 spiro atoms. The summed E-state index contributed by atoms with van der Waals surface area (Å²) in [6.45, 7) is 3.88. The van der Waals surface area contributed by atoms with Gasteiger partial charge in [0.2, 0.25) is 0 Å². The second-order valence-electron chi connectivity index (χ2n) is 9.94. The normalized spacial score (nSPS) is 16.8. The number of alkyl halides is 3. The smallest absolute Gasteiger partial charge is 0.485 e. The number of nitrogens with two attached hydrogens (primary N) is 1. The Kier molecular flexibility index (Phi) is 7.92. The van der Waals surface area contributed by atoms with Crippen LogP contribution in [0.15, 0.2) is 60.8 Å². The summed E-state index contributed by atoms with van der Waals surface area (Å²) < 4.78 is 47.3. The Balaban J connectivity index is 1.20. The van der Waals surface area contributed by atoms with Crippen LogP contribution in [0.1, 0.15) is 41.6 Å². The molecule has 10 heteroatoms. The van der Waals surface area contributed by atoms with Crippen LogP contribution in [-0.2, 0) is 6.61 Å². The number of amides is 1. The molecule has 2 N–H and O–H groups in total. The van der Waals surface area contributed by atoms with Crippen LogP contribution in [0.2, 0.25) is 0 Å². The van der Waals surface area contributed by atoms with Gasteiger partial charge >= 0.3 is 6.36 Å². The molecule has 3 aromatic rings. The molecule has 1 aromatic heterocycles. The van der Waals surface area contributed by atoms with Gasteiger partial charge in [-0.25, -0.2) is 4.98 Å². The number of halogens is 3. The van der Waals surface area contributed by atoms with Crippen molar-refractivity contribution in [3.8, 4) is 22.6 Å². The van der Waals surface area contributed by atoms with Crippen molar-refractivity contribution in [2.75, 3.05) is 31.9 Å². The third kappa shape index (κ3) is 6.81. The lowest BCUT2D eigenvalue weighted by Gasteiger charge is -2.36. The Morgan fingerprint density at radius 1 is 0.974 bits per heavy atom. The summed E-state index contributed by atoms with van der Waals surface area (Å²) in [5.41, 5.74) is 8.66. The first kappa shape index (κ1) is 26.8. The highest BCUT2D eigenvalue weighted by Gasteiger charge is 2.31. The summed E-state index contributed by atoms with van der Waals surface area (Å²) in [5, 5.41) is 0. The Morgan fingerprint density at radius 3 is 2.38 bits per heavy atom. The van der Waals surface area contributed by atoms with Gasteiger partial charge in [-0.15, -0.1) is 13.2 Å². The van der Waals surface area contributed by atoms with E-state index in [0.717, 1.165) is 37.1 Å². The van der Waals surface area contributed by atoms with Crippen LogP contribution in [0.3, 0.4) is 0 Å². The molecule has 0 radical (unpaired) electrons. The standard InChI is InChI=1S/C29H31F3N4O3/c30-29(31,32)39-25-5-3-4-20(16-25)19-38-26-17-23(18-34-27(26)33)21-6-8-22(9-7-21)28(37)36-14-10-24(11-15-36)35-12-1-2-13-35/h3-9,16-18,24H,1-2,10-15,19H2,(H2,33,34). The monoisotopic (exact) mass is 540 g/mol. The number of carbonyl (C=O) groups is 1. The molecular formula is C29H31F3N4O3. The van der Waals surface area contributed by atoms with Crippen molar-refractivity contribution in [2.45, 2.75) is 44.7 Å². The average molecular weight is 541 g/mol. The van der Waals surface area contributed by atoms with Gasteiger partial charge in [0.05, 0.1) is 0 Å². The van der Waals surface area contributed by atoms with Crippen LogP contribution in [0.25, 0.3) is 11.1 Å². The highest BCUT2D eigenvalue weighted by molar-refractivity contribution is 5.94. The number of hydrogen-bond acceptors (Lipinski definition) is 6. The maximum absolute atomic E-state index is 13.1. The number of nitrogen functional groups attached to an aromatic ring is 1. The summed E-state index contributed by atoms with van der Waals surface area (Å²) in [6.07, 6.45) is 1.42. The molecule has 0 unspecified atom stereocenters. The van der Waals surface area contributed by atoms with Crippen molar-refractivity contribution < 1.29 is 27.4 Å². The Bertz CT molecular complexity index is 1290. The highest BCUT2D eigenvalue weighted by atomic mass is 19.4. The fraction of sp³-hybridized carbons (Fsp3) is 0.379.